The molecule has 0 saturated carbocycles. The van der Waals surface area contributed by atoms with Crippen LogP contribution >= 0.6 is 0 Å². The third-order valence-electron chi connectivity index (χ3n) is 5.97. The van der Waals surface area contributed by atoms with Crippen molar-refractivity contribution in [2.24, 2.45) is 0 Å². The molecule has 1 saturated heterocycles. The first kappa shape index (κ1) is 23.2. The second-order valence-corrected chi connectivity index (χ2v) is 8.25. The maximum atomic E-state index is 12.8. The predicted molar refractivity (Wildman–Crippen MR) is 133 cm³/mol. The molecule has 7 nitrogen and oxygen atoms in total. The Morgan fingerprint density at radius 3 is 1.91 bits per heavy atom. The van der Waals surface area contributed by atoms with Gasteiger partial charge in [-0.15, -0.1) is 0 Å². The number of anilines is 2. The molecule has 3 aromatic carbocycles. The maximum absolute atomic E-state index is 12.8. The molecule has 2 amide bonds. The molecule has 176 valence electrons. The van der Waals surface area contributed by atoms with E-state index in [4.69, 9.17) is 9.47 Å². The van der Waals surface area contributed by atoms with Crippen LogP contribution < -0.4 is 19.7 Å². The molecule has 34 heavy (non-hydrogen) atoms. The van der Waals surface area contributed by atoms with E-state index in [2.05, 4.69) is 10.2 Å². The summed E-state index contributed by atoms with van der Waals surface area (Å²) in [6.07, 6.45) is 0. The number of carbonyl (C=O) groups excluding carboxylic acids is 2. The van der Waals surface area contributed by atoms with Crippen LogP contribution in [0.25, 0.3) is 0 Å². The lowest BCUT2D eigenvalue weighted by molar-refractivity contribution is 0.0746. The number of amides is 2. The third-order valence-corrected chi connectivity index (χ3v) is 5.97. The summed E-state index contributed by atoms with van der Waals surface area (Å²) in [5.41, 5.74) is 4.08. The Kier molecular flexibility index (Phi) is 7.01. The van der Waals surface area contributed by atoms with Crippen molar-refractivity contribution < 1.29 is 19.1 Å². The highest BCUT2D eigenvalue weighted by Gasteiger charge is 2.22. The fourth-order valence-electron chi connectivity index (χ4n) is 3.94. The molecule has 0 atom stereocenters. The number of benzene rings is 3. The smallest absolute Gasteiger partial charge is 0.255 e. The van der Waals surface area contributed by atoms with E-state index in [0.29, 0.717) is 35.8 Å². The Bertz CT molecular complexity index is 1130. The topological polar surface area (TPSA) is 71.1 Å². The lowest BCUT2D eigenvalue weighted by Gasteiger charge is -2.36. The first-order chi connectivity index (χ1) is 16.5. The lowest BCUT2D eigenvalue weighted by atomic mass is 10.1. The average molecular weight is 460 g/mol. The predicted octanol–water partition coefficient (Wildman–Crippen LogP) is 4.23. The molecule has 1 heterocycles. The molecule has 0 aliphatic carbocycles. The zero-order valence-electron chi connectivity index (χ0n) is 19.7. The van der Waals surface area contributed by atoms with Gasteiger partial charge in [-0.25, -0.2) is 0 Å². The van der Waals surface area contributed by atoms with Gasteiger partial charge in [0.2, 0.25) is 0 Å². The van der Waals surface area contributed by atoms with Gasteiger partial charge in [-0.2, -0.15) is 0 Å². The van der Waals surface area contributed by atoms with E-state index < -0.39 is 0 Å². The Labute approximate surface area is 199 Å². The first-order valence-corrected chi connectivity index (χ1v) is 11.2. The lowest BCUT2D eigenvalue weighted by Crippen LogP contribution is -2.48. The first-order valence-electron chi connectivity index (χ1n) is 11.2. The number of piperazine rings is 1. The van der Waals surface area contributed by atoms with Gasteiger partial charge in [0.25, 0.3) is 11.8 Å². The normalized spacial score (nSPS) is 13.4. The van der Waals surface area contributed by atoms with Crippen LogP contribution in [0.1, 0.15) is 26.3 Å². The van der Waals surface area contributed by atoms with Gasteiger partial charge in [0.15, 0.2) is 0 Å². The summed E-state index contributed by atoms with van der Waals surface area (Å²) in [6.45, 7) is 4.87. The van der Waals surface area contributed by atoms with E-state index in [1.807, 2.05) is 60.4 Å². The van der Waals surface area contributed by atoms with Crippen molar-refractivity contribution in [2.45, 2.75) is 6.92 Å². The number of ether oxygens (including phenoxy) is 2. The van der Waals surface area contributed by atoms with Gasteiger partial charge in [-0.1, -0.05) is 17.7 Å². The Morgan fingerprint density at radius 2 is 1.35 bits per heavy atom. The Hall–Kier alpha value is -4.00. The average Bonchev–Trinajstić information content (AvgIpc) is 2.89. The second kappa shape index (κ2) is 10.3. The molecule has 0 unspecified atom stereocenters. The van der Waals surface area contributed by atoms with Crippen molar-refractivity contribution in [3.8, 4) is 11.5 Å². The number of carbonyl (C=O) groups is 2. The highest BCUT2D eigenvalue weighted by atomic mass is 16.5. The quantitative estimate of drug-likeness (QED) is 0.598. The number of methoxy groups -OCH3 is 2. The summed E-state index contributed by atoms with van der Waals surface area (Å²) >= 11 is 0. The van der Waals surface area contributed by atoms with Crippen LogP contribution in [-0.4, -0.2) is 57.1 Å². The van der Waals surface area contributed by atoms with Crippen molar-refractivity contribution in [2.75, 3.05) is 50.6 Å². The van der Waals surface area contributed by atoms with Crippen molar-refractivity contribution in [1.29, 1.82) is 0 Å². The molecular weight excluding hydrogens is 430 g/mol. The highest BCUT2D eigenvalue weighted by Crippen LogP contribution is 2.24. The van der Waals surface area contributed by atoms with Crippen LogP contribution in [0.3, 0.4) is 0 Å². The van der Waals surface area contributed by atoms with Crippen LogP contribution in [0.15, 0.2) is 66.7 Å². The standard InChI is InChI=1S/C27H29N3O4/c1-19-4-6-20(7-5-19)27(32)30-14-12-29(13-15-30)23-10-8-22(9-11-23)28-26(31)21-16-24(33-2)18-25(17-21)34-3/h4-11,16-18H,12-15H2,1-3H3,(H,28,31). The molecule has 0 spiro atoms. The maximum Gasteiger partial charge on any atom is 0.255 e. The Balaban J connectivity index is 1.35. The summed E-state index contributed by atoms with van der Waals surface area (Å²) in [4.78, 5) is 29.6. The molecule has 1 fully saturated rings. The molecule has 1 aliphatic heterocycles. The molecule has 3 aromatic rings. The fourth-order valence-corrected chi connectivity index (χ4v) is 3.94. The largest absolute Gasteiger partial charge is 0.497 e. The van der Waals surface area contributed by atoms with Crippen molar-refractivity contribution in [3.63, 3.8) is 0 Å². The molecule has 0 bridgehead atoms. The Morgan fingerprint density at radius 1 is 0.765 bits per heavy atom. The van der Waals surface area contributed by atoms with Gasteiger partial charge >= 0.3 is 0 Å². The van der Waals surface area contributed by atoms with Gasteiger partial charge in [0.05, 0.1) is 14.2 Å². The van der Waals surface area contributed by atoms with Gasteiger partial charge < -0.3 is 24.6 Å². The summed E-state index contributed by atoms with van der Waals surface area (Å²) in [5, 5.41) is 2.91. The van der Waals surface area contributed by atoms with E-state index in [1.54, 1.807) is 32.4 Å². The molecule has 4 rings (SSSR count). The number of aryl methyl sites for hydroxylation is 1. The zero-order valence-corrected chi connectivity index (χ0v) is 19.7. The molecule has 1 aliphatic rings. The van der Waals surface area contributed by atoms with Crippen LogP contribution in [-0.2, 0) is 0 Å². The molecule has 0 radical (unpaired) electrons. The van der Waals surface area contributed by atoms with Gasteiger partial charge in [-0.3, -0.25) is 9.59 Å². The number of hydrogen-bond donors (Lipinski definition) is 1. The summed E-state index contributed by atoms with van der Waals surface area (Å²) < 4.78 is 10.5. The minimum Gasteiger partial charge on any atom is -0.497 e. The van der Waals surface area contributed by atoms with Crippen LogP contribution in [0.5, 0.6) is 11.5 Å². The molecule has 0 aromatic heterocycles. The van der Waals surface area contributed by atoms with Crippen LogP contribution in [0, 0.1) is 6.92 Å². The van der Waals surface area contributed by atoms with Crippen molar-refractivity contribution in [3.05, 3.63) is 83.4 Å². The van der Waals surface area contributed by atoms with Crippen molar-refractivity contribution in [1.82, 2.24) is 4.90 Å². The van der Waals surface area contributed by atoms with E-state index in [9.17, 15) is 9.59 Å². The molecule has 1 N–H and O–H groups in total. The number of rotatable bonds is 6. The number of nitrogens with one attached hydrogen (secondary N) is 1. The summed E-state index contributed by atoms with van der Waals surface area (Å²) in [5.74, 6) is 0.944. The highest BCUT2D eigenvalue weighted by molar-refractivity contribution is 6.04. The minimum atomic E-state index is -0.242. The monoisotopic (exact) mass is 459 g/mol. The van der Waals surface area contributed by atoms with Crippen molar-refractivity contribution >= 4 is 23.2 Å². The SMILES string of the molecule is COc1cc(OC)cc(C(=O)Nc2ccc(N3CCN(C(=O)c4ccc(C)cc4)CC3)cc2)c1. The van der Waals surface area contributed by atoms with Crippen LogP contribution in [0.2, 0.25) is 0 Å². The van der Waals surface area contributed by atoms with E-state index >= 15 is 0 Å². The van der Waals surface area contributed by atoms with E-state index in [0.717, 1.165) is 29.9 Å². The second-order valence-electron chi connectivity index (χ2n) is 8.25. The van der Waals surface area contributed by atoms with Gasteiger partial charge in [-0.05, 0) is 55.5 Å². The fraction of sp³-hybridized carbons (Fsp3) is 0.259. The third kappa shape index (κ3) is 5.31. The van der Waals surface area contributed by atoms with E-state index in [-0.39, 0.29) is 11.8 Å². The minimum absolute atomic E-state index is 0.0758. The van der Waals surface area contributed by atoms with Gasteiger partial charge in [0, 0.05) is 54.7 Å². The van der Waals surface area contributed by atoms with E-state index in [1.165, 1.54) is 0 Å². The summed E-state index contributed by atoms with van der Waals surface area (Å²) in [6, 6.07) is 20.5. The molecular formula is C27H29N3O4. The van der Waals surface area contributed by atoms with Crippen LogP contribution in [0.4, 0.5) is 11.4 Å². The molecule has 7 heteroatoms. The number of nitrogens with zero attached hydrogens (tertiary/aromatic N) is 2. The zero-order chi connectivity index (χ0) is 24.1. The van der Waals surface area contributed by atoms with Gasteiger partial charge in [0.1, 0.15) is 11.5 Å². The summed E-state index contributed by atoms with van der Waals surface area (Å²) in [7, 11) is 3.10. The number of hydrogen-bond acceptors (Lipinski definition) is 5.